The first-order valence-electron chi connectivity index (χ1n) is 11.9. The molecule has 2 fully saturated rings. The molecular weight excluding hydrogens is 448 g/mol. The molecule has 2 aliphatic rings. The van der Waals surface area contributed by atoms with Gasteiger partial charge >= 0.3 is 0 Å². The third kappa shape index (κ3) is 3.95. The van der Waals surface area contributed by atoms with E-state index >= 15 is 0 Å². The van der Waals surface area contributed by atoms with E-state index in [4.69, 9.17) is 28.8 Å². The largest absolute Gasteiger partial charge is 0.352 e. The molecule has 0 spiro atoms. The Hall–Kier alpha value is -2.37. The molecule has 5 rings (SSSR count). The summed E-state index contributed by atoms with van der Waals surface area (Å²) < 4.78 is 2.34. The van der Waals surface area contributed by atoms with Gasteiger partial charge in [-0.3, -0.25) is 4.98 Å². The molecule has 3 aromatic rings. The van der Waals surface area contributed by atoms with Gasteiger partial charge in [-0.25, -0.2) is 0 Å². The van der Waals surface area contributed by atoms with Crippen molar-refractivity contribution in [3.63, 3.8) is 0 Å². The number of rotatable bonds is 4. The van der Waals surface area contributed by atoms with E-state index in [0.717, 1.165) is 21.5 Å². The molecule has 3 heterocycles. The Morgan fingerprint density at radius 2 is 1.79 bits per heavy atom. The first-order valence-corrected chi connectivity index (χ1v) is 12.7. The number of hydrogen-bond acceptors (Lipinski definition) is 2. The van der Waals surface area contributed by atoms with E-state index in [2.05, 4.69) is 53.8 Å². The first-order chi connectivity index (χ1) is 16.0. The smallest absolute Gasteiger partial charge is 0.170 e. The molecule has 2 atom stereocenters. The molecule has 1 aromatic carbocycles. The average Bonchev–Trinajstić information content (AvgIpc) is 3.27. The van der Waals surface area contributed by atoms with E-state index in [-0.39, 0.29) is 12.1 Å². The van der Waals surface area contributed by atoms with Gasteiger partial charge in [-0.05, 0) is 81.7 Å². The maximum atomic E-state index is 6.36. The van der Waals surface area contributed by atoms with Gasteiger partial charge in [0, 0.05) is 39.9 Å². The lowest BCUT2D eigenvalue weighted by Crippen LogP contribution is -2.40. The Morgan fingerprint density at radius 1 is 1.00 bits per heavy atom. The summed E-state index contributed by atoms with van der Waals surface area (Å²) >= 11 is 12.3. The van der Waals surface area contributed by atoms with Crippen molar-refractivity contribution in [2.45, 2.75) is 71.0 Å². The number of hydrogen-bond donors (Lipinski definition) is 1. The van der Waals surface area contributed by atoms with Gasteiger partial charge in [-0.2, -0.15) is 0 Å². The van der Waals surface area contributed by atoms with E-state index < -0.39 is 0 Å². The van der Waals surface area contributed by atoms with Gasteiger partial charge in [0.25, 0.3) is 0 Å². The van der Waals surface area contributed by atoms with Crippen molar-refractivity contribution in [2.75, 3.05) is 0 Å². The fourth-order valence-corrected chi connectivity index (χ4v) is 6.45. The van der Waals surface area contributed by atoms with Crippen molar-refractivity contribution in [3.8, 4) is 5.69 Å². The molecule has 0 radical (unpaired) electrons. The Labute approximate surface area is 207 Å². The summed E-state index contributed by atoms with van der Waals surface area (Å²) in [6, 6.07) is 14.9. The van der Waals surface area contributed by atoms with Gasteiger partial charge in [0.05, 0.1) is 17.8 Å². The number of aromatic nitrogens is 2. The fraction of sp³-hybridized carbons (Fsp3) is 0.407. The predicted molar refractivity (Wildman–Crippen MR) is 139 cm³/mol. The molecule has 1 aliphatic carbocycles. The molecule has 1 aliphatic heterocycles. The van der Waals surface area contributed by atoms with Crippen LogP contribution in [0, 0.1) is 20.8 Å². The molecule has 1 saturated heterocycles. The Bertz CT molecular complexity index is 1170. The molecule has 4 nitrogen and oxygen atoms in total. The second-order valence-corrected chi connectivity index (χ2v) is 10.2. The third-order valence-corrected chi connectivity index (χ3v) is 8.04. The number of benzene rings is 1. The fourth-order valence-electron chi connectivity index (χ4n) is 5.87. The maximum Gasteiger partial charge on any atom is 0.170 e. The highest BCUT2D eigenvalue weighted by Gasteiger charge is 2.45. The van der Waals surface area contributed by atoms with Crippen LogP contribution >= 0.6 is 23.8 Å². The zero-order chi connectivity index (χ0) is 23.1. The van der Waals surface area contributed by atoms with Crippen LogP contribution in [0.3, 0.4) is 0 Å². The van der Waals surface area contributed by atoms with Gasteiger partial charge in [-0.1, -0.05) is 43.0 Å². The van der Waals surface area contributed by atoms with Crippen LogP contribution in [-0.2, 0) is 0 Å². The third-order valence-electron chi connectivity index (χ3n) is 7.47. The standard InChI is InChI=1S/C27H31ClN4S/c1-17-18(2)31(22-13-9-10-20(28)16-22)19(3)24(17)26-25(23-14-7-8-15-29-23)30-27(33)32(26)21-11-5-4-6-12-21/h7-10,13-16,21,25-26H,4-6,11-12H2,1-3H3,(H,30,33)/t25-,26-/m0/s1. The van der Waals surface area contributed by atoms with E-state index in [1.165, 1.54) is 54.6 Å². The van der Waals surface area contributed by atoms with Gasteiger partial charge in [0.2, 0.25) is 0 Å². The maximum absolute atomic E-state index is 6.36. The van der Waals surface area contributed by atoms with Crippen LogP contribution in [0.15, 0.2) is 48.7 Å². The highest BCUT2D eigenvalue weighted by atomic mass is 35.5. The van der Waals surface area contributed by atoms with Crippen LogP contribution in [0.1, 0.15) is 72.4 Å². The predicted octanol–water partition coefficient (Wildman–Crippen LogP) is 6.76. The van der Waals surface area contributed by atoms with Gasteiger partial charge < -0.3 is 14.8 Å². The zero-order valence-corrected chi connectivity index (χ0v) is 21.1. The second kappa shape index (κ2) is 9.11. The summed E-state index contributed by atoms with van der Waals surface area (Å²) in [5, 5.41) is 5.27. The molecule has 33 heavy (non-hydrogen) atoms. The molecule has 2 aromatic heterocycles. The first kappa shape index (κ1) is 22.4. The van der Waals surface area contributed by atoms with Gasteiger partial charge in [0.1, 0.15) is 0 Å². The SMILES string of the molecule is Cc1c([C@H]2[C@H](c3ccccn3)NC(=S)N2C2CCCCC2)c(C)n(-c2cccc(Cl)c2)c1C. The number of nitrogens with one attached hydrogen (secondary N) is 1. The Balaban J connectivity index is 1.67. The van der Waals surface area contributed by atoms with Crippen LogP contribution in [0.5, 0.6) is 0 Å². The number of thiocarbonyl (C=S) groups is 1. The lowest BCUT2D eigenvalue weighted by atomic mass is 9.89. The van der Waals surface area contributed by atoms with Crippen molar-refractivity contribution in [2.24, 2.45) is 0 Å². The molecule has 1 N–H and O–H groups in total. The Morgan fingerprint density at radius 3 is 2.48 bits per heavy atom. The number of nitrogens with zero attached hydrogens (tertiary/aromatic N) is 3. The summed E-state index contributed by atoms with van der Waals surface area (Å²) in [4.78, 5) is 7.24. The normalized spacial score (nSPS) is 21.5. The quantitative estimate of drug-likeness (QED) is 0.420. The monoisotopic (exact) mass is 478 g/mol. The number of pyridine rings is 1. The second-order valence-electron chi connectivity index (χ2n) is 9.35. The lowest BCUT2D eigenvalue weighted by molar-refractivity contribution is 0.196. The molecule has 172 valence electrons. The van der Waals surface area contributed by atoms with Crippen LogP contribution < -0.4 is 5.32 Å². The van der Waals surface area contributed by atoms with Crippen LogP contribution in [0.2, 0.25) is 5.02 Å². The average molecular weight is 479 g/mol. The van der Waals surface area contributed by atoms with Crippen molar-refractivity contribution in [1.82, 2.24) is 19.8 Å². The summed E-state index contributed by atoms with van der Waals surface area (Å²) in [5.41, 5.74) is 7.28. The topological polar surface area (TPSA) is 33.1 Å². The van der Waals surface area contributed by atoms with E-state index in [0.29, 0.717) is 6.04 Å². The van der Waals surface area contributed by atoms with Crippen molar-refractivity contribution in [1.29, 1.82) is 0 Å². The summed E-state index contributed by atoms with van der Waals surface area (Å²) in [5.74, 6) is 0. The van der Waals surface area contributed by atoms with Crippen molar-refractivity contribution in [3.05, 3.63) is 81.9 Å². The molecule has 0 bridgehead atoms. The van der Waals surface area contributed by atoms with E-state index in [1.807, 2.05) is 30.5 Å². The van der Waals surface area contributed by atoms with E-state index in [1.54, 1.807) is 0 Å². The van der Waals surface area contributed by atoms with Gasteiger partial charge in [-0.15, -0.1) is 0 Å². The minimum absolute atomic E-state index is 0.0210. The summed E-state index contributed by atoms with van der Waals surface area (Å²) in [6.45, 7) is 6.68. The van der Waals surface area contributed by atoms with Crippen molar-refractivity contribution < 1.29 is 0 Å². The summed E-state index contributed by atoms with van der Waals surface area (Å²) in [6.07, 6.45) is 8.12. The minimum atomic E-state index is 0.0210. The van der Waals surface area contributed by atoms with Gasteiger partial charge in [0.15, 0.2) is 5.11 Å². The molecule has 0 unspecified atom stereocenters. The zero-order valence-electron chi connectivity index (χ0n) is 19.5. The molecule has 0 amide bonds. The van der Waals surface area contributed by atoms with Crippen LogP contribution in [0.4, 0.5) is 0 Å². The molecule has 6 heteroatoms. The van der Waals surface area contributed by atoms with Crippen molar-refractivity contribution >= 4 is 28.9 Å². The summed E-state index contributed by atoms with van der Waals surface area (Å²) in [7, 11) is 0. The van der Waals surface area contributed by atoms with Crippen LogP contribution in [0.25, 0.3) is 5.69 Å². The van der Waals surface area contributed by atoms with Crippen LogP contribution in [-0.4, -0.2) is 25.6 Å². The Kier molecular flexibility index (Phi) is 6.19. The minimum Gasteiger partial charge on any atom is -0.352 e. The molecular formula is C27H31ClN4S. The number of halogens is 1. The lowest BCUT2D eigenvalue weighted by Gasteiger charge is -2.37. The highest BCUT2D eigenvalue weighted by Crippen LogP contribution is 2.46. The van der Waals surface area contributed by atoms with E-state index in [9.17, 15) is 0 Å². The highest BCUT2D eigenvalue weighted by molar-refractivity contribution is 7.80. The molecule has 1 saturated carbocycles.